The normalized spacial score (nSPS) is 22.1. The number of methoxy groups -OCH3 is 1. The van der Waals surface area contributed by atoms with Gasteiger partial charge in [-0.25, -0.2) is 4.79 Å². The molecule has 2 unspecified atom stereocenters. The predicted octanol–water partition coefficient (Wildman–Crippen LogP) is 2.79. The Morgan fingerprint density at radius 1 is 1.27 bits per heavy atom. The molecule has 22 heavy (non-hydrogen) atoms. The minimum absolute atomic E-state index is 0.192. The highest BCUT2D eigenvalue weighted by Gasteiger charge is 2.21. The Morgan fingerprint density at radius 3 is 2.64 bits per heavy atom. The number of anilines is 1. The van der Waals surface area contributed by atoms with Gasteiger partial charge in [0.25, 0.3) is 0 Å². The average molecular weight is 305 g/mol. The lowest BCUT2D eigenvalue weighted by atomic mass is 9.92. The second-order valence-corrected chi connectivity index (χ2v) is 6.29. The molecule has 2 atom stereocenters. The van der Waals surface area contributed by atoms with Crippen molar-refractivity contribution in [2.45, 2.75) is 20.3 Å². The number of para-hydroxylation sites is 2. The third-order valence-electron chi connectivity index (χ3n) is 4.01. The molecule has 1 aliphatic rings. The number of carbonyl (C=O) groups is 1. The third-order valence-corrected chi connectivity index (χ3v) is 4.01. The highest BCUT2D eigenvalue weighted by Crippen LogP contribution is 2.23. The lowest BCUT2D eigenvalue weighted by molar-refractivity contribution is 0.142. The van der Waals surface area contributed by atoms with Gasteiger partial charge in [0.05, 0.1) is 12.8 Å². The summed E-state index contributed by atoms with van der Waals surface area (Å²) < 4.78 is 5.22. The van der Waals surface area contributed by atoms with Crippen LogP contribution in [0.25, 0.3) is 0 Å². The fourth-order valence-electron chi connectivity index (χ4n) is 3.22. The first kappa shape index (κ1) is 16.6. The molecular weight excluding hydrogens is 278 g/mol. The molecule has 1 heterocycles. The Labute approximate surface area is 133 Å². The number of likely N-dealkylation sites (tertiary alicyclic amines) is 1. The van der Waals surface area contributed by atoms with E-state index in [1.165, 1.54) is 6.42 Å². The van der Waals surface area contributed by atoms with Crippen LogP contribution < -0.4 is 15.4 Å². The van der Waals surface area contributed by atoms with Crippen molar-refractivity contribution in [3.8, 4) is 5.75 Å². The van der Waals surface area contributed by atoms with E-state index in [1.54, 1.807) is 7.11 Å². The maximum Gasteiger partial charge on any atom is 0.319 e. The zero-order valence-electron chi connectivity index (χ0n) is 13.8. The summed E-state index contributed by atoms with van der Waals surface area (Å²) in [4.78, 5) is 14.4. The number of benzene rings is 1. The summed E-state index contributed by atoms with van der Waals surface area (Å²) in [6, 6.07) is 7.20. The van der Waals surface area contributed by atoms with Crippen LogP contribution in [0, 0.1) is 11.8 Å². The molecule has 5 nitrogen and oxygen atoms in total. The smallest absolute Gasteiger partial charge is 0.319 e. The summed E-state index contributed by atoms with van der Waals surface area (Å²) in [5.74, 6) is 2.15. The predicted molar refractivity (Wildman–Crippen MR) is 89.4 cm³/mol. The van der Waals surface area contributed by atoms with Crippen molar-refractivity contribution < 1.29 is 9.53 Å². The summed E-state index contributed by atoms with van der Waals surface area (Å²) >= 11 is 0. The van der Waals surface area contributed by atoms with Gasteiger partial charge in [0.1, 0.15) is 5.75 Å². The van der Waals surface area contributed by atoms with Crippen LogP contribution in [0.3, 0.4) is 0 Å². The third kappa shape index (κ3) is 4.91. The van der Waals surface area contributed by atoms with Gasteiger partial charge in [-0.3, -0.25) is 0 Å². The van der Waals surface area contributed by atoms with Crippen LogP contribution in [0.4, 0.5) is 10.5 Å². The van der Waals surface area contributed by atoms with Crippen molar-refractivity contribution >= 4 is 11.7 Å². The van der Waals surface area contributed by atoms with Crippen molar-refractivity contribution in [1.82, 2.24) is 10.2 Å². The molecular formula is C17H27N3O2. The summed E-state index contributed by atoms with van der Waals surface area (Å²) in [7, 11) is 1.59. The van der Waals surface area contributed by atoms with Gasteiger partial charge in [-0.2, -0.15) is 0 Å². The van der Waals surface area contributed by atoms with E-state index in [9.17, 15) is 4.79 Å². The van der Waals surface area contributed by atoms with Gasteiger partial charge in [-0.15, -0.1) is 0 Å². The monoisotopic (exact) mass is 305 g/mol. The van der Waals surface area contributed by atoms with Gasteiger partial charge in [0.2, 0.25) is 0 Å². The van der Waals surface area contributed by atoms with Crippen LogP contribution in [0.15, 0.2) is 24.3 Å². The number of hydrogen-bond donors (Lipinski definition) is 2. The SMILES string of the molecule is COc1ccccc1NC(=O)NCCN1CC(C)CC(C)C1. The van der Waals surface area contributed by atoms with Gasteiger partial charge in [0.15, 0.2) is 0 Å². The first-order valence-corrected chi connectivity index (χ1v) is 7.98. The van der Waals surface area contributed by atoms with Crippen molar-refractivity contribution in [3.05, 3.63) is 24.3 Å². The molecule has 0 spiro atoms. The second-order valence-electron chi connectivity index (χ2n) is 6.29. The quantitative estimate of drug-likeness (QED) is 0.879. The number of rotatable bonds is 5. The molecule has 1 aliphatic heterocycles. The number of urea groups is 1. The lowest BCUT2D eigenvalue weighted by Gasteiger charge is -2.34. The molecule has 0 radical (unpaired) electrons. The van der Waals surface area contributed by atoms with Crippen LogP contribution in [0.2, 0.25) is 0 Å². The Balaban J connectivity index is 1.74. The van der Waals surface area contributed by atoms with Gasteiger partial charge >= 0.3 is 6.03 Å². The number of hydrogen-bond acceptors (Lipinski definition) is 3. The fourth-order valence-corrected chi connectivity index (χ4v) is 3.22. The van der Waals surface area contributed by atoms with Crippen molar-refractivity contribution in [3.63, 3.8) is 0 Å². The van der Waals surface area contributed by atoms with Crippen LogP contribution in [0.5, 0.6) is 5.75 Å². The first-order valence-electron chi connectivity index (χ1n) is 7.98. The zero-order chi connectivity index (χ0) is 15.9. The van der Waals surface area contributed by atoms with E-state index in [-0.39, 0.29) is 6.03 Å². The molecule has 2 rings (SSSR count). The minimum atomic E-state index is -0.192. The maximum atomic E-state index is 12.0. The summed E-state index contributed by atoms with van der Waals surface area (Å²) in [5.41, 5.74) is 0.683. The van der Waals surface area contributed by atoms with Crippen LogP contribution in [0.1, 0.15) is 20.3 Å². The van der Waals surface area contributed by atoms with Gasteiger partial charge in [-0.1, -0.05) is 26.0 Å². The molecule has 1 aromatic rings. The van der Waals surface area contributed by atoms with E-state index in [0.717, 1.165) is 31.5 Å². The van der Waals surface area contributed by atoms with E-state index in [1.807, 2.05) is 24.3 Å². The topological polar surface area (TPSA) is 53.6 Å². The molecule has 0 aromatic heterocycles. The van der Waals surface area contributed by atoms with E-state index >= 15 is 0 Å². The molecule has 0 bridgehead atoms. The first-order chi connectivity index (χ1) is 10.6. The summed E-state index contributed by atoms with van der Waals surface area (Å²) in [5, 5.41) is 5.74. The Kier molecular flexibility index (Phi) is 6.07. The Morgan fingerprint density at radius 2 is 1.95 bits per heavy atom. The fraction of sp³-hybridized carbons (Fsp3) is 0.588. The van der Waals surface area contributed by atoms with Crippen LogP contribution in [-0.4, -0.2) is 44.2 Å². The minimum Gasteiger partial charge on any atom is -0.495 e. The highest BCUT2D eigenvalue weighted by molar-refractivity contribution is 5.90. The summed E-state index contributed by atoms with van der Waals surface area (Å²) in [6.45, 7) is 8.39. The van der Waals surface area contributed by atoms with Crippen LogP contribution >= 0.6 is 0 Å². The number of piperidine rings is 1. The van der Waals surface area contributed by atoms with Gasteiger partial charge in [-0.05, 0) is 30.4 Å². The average Bonchev–Trinajstić information content (AvgIpc) is 2.46. The van der Waals surface area contributed by atoms with Crippen LogP contribution in [-0.2, 0) is 0 Å². The molecule has 5 heteroatoms. The van der Waals surface area contributed by atoms with E-state index in [2.05, 4.69) is 29.4 Å². The van der Waals surface area contributed by atoms with Crippen molar-refractivity contribution in [2.24, 2.45) is 11.8 Å². The molecule has 122 valence electrons. The van der Waals surface area contributed by atoms with Crippen molar-refractivity contribution in [1.29, 1.82) is 0 Å². The molecule has 2 amide bonds. The number of carbonyl (C=O) groups excluding carboxylic acids is 1. The molecule has 1 aromatic carbocycles. The molecule has 0 aliphatic carbocycles. The molecule has 2 N–H and O–H groups in total. The molecule has 1 saturated heterocycles. The maximum absolute atomic E-state index is 12.0. The van der Waals surface area contributed by atoms with E-state index in [0.29, 0.717) is 18.0 Å². The van der Waals surface area contributed by atoms with E-state index < -0.39 is 0 Å². The largest absolute Gasteiger partial charge is 0.495 e. The highest BCUT2D eigenvalue weighted by atomic mass is 16.5. The number of nitrogens with one attached hydrogen (secondary N) is 2. The number of amides is 2. The number of nitrogens with zero attached hydrogens (tertiary/aromatic N) is 1. The molecule has 0 saturated carbocycles. The Hall–Kier alpha value is -1.75. The lowest BCUT2D eigenvalue weighted by Crippen LogP contribution is -2.43. The standard InChI is InChI=1S/C17H27N3O2/c1-13-10-14(2)12-20(11-13)9-8-18-17(21)19-15-6-4-5-7-16(15)22-3/h4-7,13-14H,8-12H2,1-3H3,(H2,18,19,21). The second kappa shape index (κ2) is 8.03. The van der Waals surface area contributed by atoms with Crippen molar-refractivity contribution in [2.75, 3.05) is 38.6 Å². The van der Waals surface area contributed by atoms with E-state index in [4.69, 9.17) is 4.74 Å². The summed E-state index contributed by atoms with van der Waals surface area (Å²) in [6.07, 6.45) is 1.30. The Bertz CT molecular complexity index is 483. The number of ether oxygens (including phenoxy) is 1. The van der Waals surface area contributed by atoms with Gasteiger partial charge < -0.3 is 20.3 Å². The zero-order valence-corrected chi connectivity index (χ0v) is 13.8. The van der Waals surface area contributed by atoms with Gasteiger partial charge in [0, 0.05) is 26.2 Å². The molecule has 1 fully saturated rings.